The monoisotopic (exact) mass is 355 g/mol. The first kappa shape index (κ1) is 17.2. The van der Waals surface area contributed by atoms with E-state index in [2.05, 4.69) is 15.7 Å². The van der Waals surface area contributed by atoms with Gasteiger partial charge in [-0.05, 0) is 12.1 Å². The first-order chi connectivity index (χ1) is 9.31. The smallest absolute Gasteiger partial charge is 0.668 e. The van der Waals surface area contributed by atoms with Crippen molar-refractivity contribution in [3.05, 3.63) is 23.1 Å². The molecule has 0 saturated heterocycles. The maximum Gasteiger partial charge on any atom is 4.00 e. The van der Waals surface area contributed by atoms with Crippen LogP contribution in [-0.2, 0) is 26.2 Å². The van der Waals surface area contributed by atoms with Crippen molar-refractivity contribution < 1.29 is 31.7 Å². The van der Waals surface area contributed by atoms with Gasteiger partial charge in [-0.3, -0.25) is 0 Å². The molecule has 0 radical (unpaired) electrons. The zero-order valence-electron chi connectivity index (χ0n) is 16.9. The molecule has 5 heteroatoms. The summed E-state index contributed by atoms with van der Waals surface area (Å²) in [5, 5.41) is 11.1. The summed E-state index contributed by atoms with van der Waals surface area (Å²) < 4.78 is 30.7. The maximum absolute atomic E-state index is 7.77. The Hall–Kier alpha value is 1.19. The second kappa shape index (κ2) is 23.3. The van der Waals surface area contributed by atoms with Crippen LogP contribution in [0.15, 0.2) is 0 Å². The first-order valence-electron chi connectivity index (χ1n) is 7.58. The van der Waals surface area contributed by atoms with Crippen LogP contribution in [0.25, 0.3) is 15.7 Å². The zero-order valence-corrected chi connectivity index (χ0v) is 16.2. The molecule has 108 valence electrons. The molecule has 1 saturated carbocycles. The Balaban J connectivity index is -0.000000176. The maximum atomic E-state index is 7.77. The predicted octanol–water partition coefficient (Wildman–Crippen LogP) is 4.89. The van der Waals surface area contributed by atoms with Crippen LogP contribution >= 0.6 is 8.07 Å². The average Bonchev–Trinajstić information content (AvgIpc) is 2.58. The summed E-state index contributed by atoms with van der Waals surface area (Å²) in [5.41, 5.74) is 0. The zero-order chi connectivity index (χ0) is 16.3. The topological polar surface area (TPSA) is 42.3 Å². The second-order valence-corrected chi connectivity index (χ2v) is 5.45. The van der Waals surface area contributed by atoms with Crippen LogP contribution in [0.4, 0.5) is 0 Å². The largest absolute Gasteiger partial charge is 4.00 e. The number of hydrogen-bond donors (Lipinski definition) is 0. The Kier molecular flexibility index (Phi) is 22.3. The van der Waals surface area contributed by atoms with Crippen LogP contribution < -0.4 is 0 Å². The van der Waals surface area contributed by atoms with Gasteiger partial charge in [-0.25, -0.2) is 8.07 Å². The summed E-state index contributed by atoms with van der Waals surface area (Å²) in [6.45, 7) is 2.02. The molecule has 1 fully saturated rings. The van der Waals surface area contributed by atoms with Crippen LogP contribution in [0.2, 0.25) is 0 Å². The fourth-order valence-corrected chi connectivity index (χ4v) is 2.00. The van der Waals surface area contributed by atoms with Gasteiger partial charge < -0.3 is 23.1 Å². The summed E-state index contributed by atoms with van der Waals surface area (Å²) in [5.74, 6) is -0.125. The van der Waals surface area contributed by atoms with E-state index in [-0.39, 0.29) is 39.5 Å². The standard InChI is InChI=1S/C8H17NP.2C2H6N.CH3.Zr/c1-9-10(2)7-8-5-3-4-6-8;2*1-3-2;;/h8H,3-7H2,1-2H3;2*1-2H3;1H3;/q4*-1;+4/i3D,4D,5D,6D;;;;. The fourth-order valence-electron chi connectivity index (χ4n) is 0.986. The number of hydrogen-bond acceptors (Lipinski definition) is 0. The van der Waals surface area contributed by atoms with E-state index in [0.717, 1.165) is 6.16 Å². The van der Waals surface area contributed by atoms with E-state index >= 15 is 0 Å². The van der Waals surface area contributed by atoms with E-state index in [1.807, 2.05) is 6.66 Å². The Bertz CT molecular complexity index is 217. The molecule has 1 aliphatic rings. The van der Waals surface area contributed by atoms with Crippen LogP contribution in [0, 0.1) is 13.3 Å². The van der Waals surface area contributed by atoms with Crippen molar-refractivity contribution in [3.8, 4) is 0 Å². The minimum absolute atomic E-state index is 0. The Morgan fingerprint density at radius 3 is 1.67 bits per heavy atom. The fraction of sp³-hybridized carbons (Fsp3) is 0.923. The third-order valence-electron chi connectivity index (χ3n) is 1.64. The van der Waals surface area contributed by atoms with Gasteiger partial charge in [0.05, 0.1) is 0 Å². The summed E-state index contributed by atoms with van der Waals surface area (Å²) in [4.78, 5) is 0. The predicted molar refractivity (Wildman–Crippen MR) is 85.8 cm³/mol. The minimum Gasteiger partial charge on any atom is -0.668 e. The van der Waals surface area contributed by atoms with Crippen LogP contribution in [0.3, 0.4) is 0 Å². The third kappa shape index (κ3) is 22.4. The van der Waals surface area contributed by atoms with E-state index in [9.17, 15) is 0 Å². The van der Waals surface area contributed by atoms with E-state index in [4.69, 9.17) is 5.48 Å². The Morgan fingerprint density at radius 1 is 1.06 bits per heavy atom. The van der Waals surface area contributed by atoms with Gasteiger partial charge in [0.1, 0.15) is 0 Å². The van der Waals surface area contributed by atoms with Crippen molar-refractivity contribution in [1.82, 2.24) is 0 Å². The molecule has 0 aliphatic heterocycles. The molecular weight excluding hydrogens is 320 g/mol. The van der Waals surface area contributed by atoms with E-state index in [0.29, 0.717) is 0 Å². The second-order valence-electron chi connectivity index (χ2n) is 3.37. The normalized spacial score (nSPS) is 37.6. The van der Waals surface area contributed by atoms with Gasteiger partial charge in [-0.2, -0.15) is 35.2 Å². The molecule has 0 aromatic carbocycles. The molecule has 0 spiro atoms. The van der Waals surface area contributed by atoms with Gasteiger partial charge in [0, 0.05) is 5.48 Å². The van der Waals surface area contributed by atoms with E-state index in [1.54, 1.807) is 35.2 Å². The SMILES string of the molecule is C[N-]C.C[N-]C.[2H]C1C([2H])C([2H])C(CP(C)[N-]C)C1[2H].[CH3-].[Zr+4]. The molecule has 5 atom stereocenters. The van der Waals surface area contributed by atoms with Gasteiger partial charge in [-0.1, -0.05) is 32.3 Å². The van der Waals surface area contributed by atoms with Crippen LogP contribution in [0.5, 0.6) is 0 Å². The van der Waals surface area contributed by atoms with Crippen LogP contribution in [-0.4, -0.2) is 48.1 Å². The van der Waals surface area contributed by atoms with Crippen molar-refractivity contribution in [2.75, 3.05) is 48.1 Å². The molecule has 0 heterocycles. The molecule has 1 aliphatic carbocycles. The van der Waals surface area contributed by atoms with Crippen molar-refractivity contribution >= 4 is 8.07 Å². The summed E-state index contributed by atoms with van der Waals surface area (Å²) in [7, 11) is 8.30. The van der Waals surface area contributed by atoms with Crippen LogP contribution in [0.1, 0.15) is 31.1 Å². The van der Waals surface area contributed by atoms with Gasteiger partial charge in [-0.15, -0.1) is 0 Å². The minimum atomic E-state index is -0.706. The third-order valence-corrected chi connectivity index (χ3v) is 3.28. The summed E-state index contributed by atoms with van der Waals surface area (Å²) in [6, 6.07) is 0. The molecule has 0 aromatic heterocycles. The average molecular weight is 357 g/mol. The van der Waals surface area contributed by atoms with E-state index in [1.165, 1.54) is 0 Å². The van der Waals surface area contributed by atoms with Gasteiger partial charge in [0.25, 0.3) is 0 Å². The van der Waals surface area contributed by atoms with E-state index < -0.39 is 33.7 Å². The van der Waals surface area contributed by atoms with Crippen molar-refractivity contribution in [1.29, 1.82) is 0 Å². The quantitative estimate of drug-likeness (QED) is 0.510. The molecule has 1 rings (SSSR count). The first-order valence-corrected chi connectivity index (χ1v) is 7.20. The summed E-state index contributed by atoms with van der Waals surface area (Å²) in [6.07, 6.45) is -1.80. The molecule has 18 heavy (non-hydrogen) atoms. The van der Waals surface area contributed by atoms with Crippen molar-refractivity contribution in [3.63, 3.8) is 0 Å². The number of nitrogens with zero attached hydrogens (tertiary/aromatic N) is 3. The molecule has 5 unspecified atom stereocenters. The molecular formula is C13H32N3PZr. The van der Waals surface area contributed by atoms with Crippen molar-refractivity contribution in [2.24, 2.45) is 5.92 Å². The van der Waals surface area contributed by atoms with Crippen molar-refractivity contribution in [2.45, 2.75) is 25.6 Å². The Morgan fingerprint density at radius 2 is 1.39 bits per heavy atom. The Labute approximate surface area is 142 Å². The molecule has 0 aromatic rings. The van der Waals surface area contributed by atoms with Gasteiger partial charge in [0.15, 0.2) is 0 Å². The molecule has 3 nitrogen and oxygen atoms in total. The van der Waals surface area contributed by atoms with Gasteiger partial charge >= 0.3 is 26.2 Å². The summed E-state index contributed by atoms with van der Waals surface area (Å²) >= 11 is 0. The molecule has 0 N–H and O–H groups in total. The van der Waals surface area contributed by atoms with Gasteiger partial charge in [0.2, 0.25) is 0 Å². The molecule has 0 bridgehead atoms. The molecule has 0 amide bonds. The number of rotatable bonds is 3.